The second-order valence-corrected chi connectivity index (χ2v) is 10.2. The van der Waals surface area contributed by atoms with Crippen molar-refractivity contribution in [1.29, 1.82) is 0 Å². The molecule has 1 aromatic carbocycles. The molecule has 168 valence electrons. The Labute approximate surface area is 203 Å². The van der Waals surface area contributed by atoms with Gasteiger partial charge in [0, 0.05) is 11.3 Å². The Balaban J connectivity index is 1.21. The number of carbonyl (C=O) groups excluding carboxylic acids is 1. The fraction of sp³-hybridized carbons (Fsp3) is 0.217. The normalized spacial score (nSPS) is 15.6. The number of aryl methyl sites for hydroxylation is 1. The number of carbonyl (C=O) groups is 1. The van der Waals surface area contributed by atoms with Gasteiger partial charge in [-0.15, -0.1) is 32.9 Å². The average molecular weight is 497 g/mol. The third-order valence-electron chi connectivity index (χ3n) is 4.96. The van der Waals surface area contributed by atoms with E-state index in [9.17, 15) is 4.79 Å². The fourth-order valence-electron chi connectivity index (χ4n) is 3.43. The maximum atomic E-state index is 13.1. The average Bonchev–Trinajstić information content (AvgIpc) is 3.62. The first-order valence-corrected chi connectivity index (χ1v) is 13.0. The first-order valence-electron chi connectivity index (χ1n) is 10.3. The van der Waals surface area contributed by atoms with Gasteiger partial charge in [-0.25, -0.2) is 5.01 Å². The van der Waals surface area contributed by atoms with Gasteiger partial charge in [0.05, 0.1) is 22.4 Å². The van der Waals surface area contributed by atoms with Gasteiger partial charge in [-0.2, -0.15) is 5.10 Å². The summed E-state index contributed by atoms with van der Waals surface area (Å²) >= 11 is 4.48. The molecule has 1 atom stereocenters. The summed E-state index contributed by atoms with van der Waals surface area (Å²) < 4.78 is 11.3. The van der Waals surface area contributed by atoms with Crippen molar-refractivity contribution in [1.82, 2.24) is 15.2 Å². The summed E-state index contributed by atoms with van der Waals surface area (Å²) in [6, 6.07) is 15.7. The van der Waals surface area contributed by atoms with Gasteiger partial charge in [-0.05, 0) is 47.5 Å². The van der Waals surface area contributed by atoms with Crippen LogP contribution in [0.3, 0.4) is 0 Å². The van der Waals surface area contributed by atoms with E-state index in [-0.39, 0.29) is 24.3 Å². The molecule has 0 radical (unpaired) electrons. The van der Waals surface area contributed by atoms with Gasteiger partial charge in [0.15, 0.2) is 6.61 Å². The summed E-state index contributed by atoms with van der Waals surface area (Å²) in [5.74, 6) is 1.16. The van der Waals surface area contributed by atoms with Gasteiger partial charge in [-0.3, -0.25) is 4.79 Å². The van der Waals surface area contributed by atoms with Crippen LogP contribution in [0.5, 0.6) is 5.75 Å². The Kier molecular flexibility index (Phi) is 6.56. The molecule has 1 aliphatic heterocycles. The highest BCUT2D eigenvalue weighted by Crippen LogP contribution is 2.36. The van der Waals surface area contributed by atoms with Crippen molar-refractivity contribution in [3.8, 4) is 5.75 Å². The molecule has 0 spiro atoms. The maximum Gasteiger partial charge on any atom is 0.277 e. The highest BCUT2D eigenvalue weighted by molar-refractivity contribution is 7.99. The van der Waals surface area contributed by atoms with Crippen molar-refractivity contribution in [2.75, 3.05) is 5.75 Å². The van der Waals surface area contributed by atoms with Gasteiger partial charge in [0.1, 0.15) is 5.75 Å². The van der Waals surface area contributed by atoms with Crippen LogP contribution in [-0.2, 0) is 11.4 Å². The van der Waals surface area contributed by atoms with Crippen molar-refractivity contribution in [2.24, 2.45) is 5.10 Å². The summed E-state index contributed by atoms with van der Waals surface area (Å²) in [4.78, 5) is 15.3. The van der Waals surface area contributed by atoms with Crippen molar-refractivity contribution in [3.63, 3.8) is 0 Å². The molecule has 33 heavy (non-hydrogen) atoms. The van der Waals surface area contributed by atoms with Crippen LogP contribution < -0.4 is 4.74 Å². The van der Waals surface area contributed by atoms with Crippen LogP contribution >= 0.6 is 34.4 Å². The summed E-state index contributed by atoms with van der Waals surface area (Å²) in [6.45, 7) is 2.17. The van der Waals surface area contributed by atoms with Crippen molar-refractivity contribution < 1.29 is 13.9 Å². The third-order valence-corrected chi connectivity index (χ3v) is 7.66. The molecule has 4 heterocycles. The minimum absolute atomic E-state index is 0.0869. The summed E-state index contributed by atoms with van der Waals surface area (Å²) in [5, 5.41) is 18.7. The van der Waals surface area contributed by atoms with Crippen LogP contribution in [0, 0.1) is 6.92 Å². The molecular formula is C23H20N4O3S3. The molecule has 0 N–H and O–H groups in total. The second kappa shape index (κ2) is 9.90. The maximum absolute atomic E-state index is 13.1. The van der Waals surface area contributed by atoms with Gasteiger partial charge >= 0.3 is 0 Å². The molecule has 0 fully saturated rings. The van der Waals surface area contributed by atoms with Gasteiger partial charge in [-0.1, -0.05) is 36.0 Å². The predicted octanol–water partition coefficient (Wildman–Crippen LogP) is 5.55. The predicted molar refractivity (Wildman–Crippen MR) is 130 cm³/mol. The van der Waals surface area contributed by atoms with Gasteiger partial charge < -0.3 is 9.15 Å². The van der Waals surface area contributed by atoms with E-state index in [1.54, 1.807) is 27.7 Å². The topological polar surface area (TPSA) is 80.8 Å². The molecule has 10 heteroatoms. The highest BCUT2D eigenvalue weighted by Gasteiger charge is 2.34. The number of hydrogen-bond acceptors (Lipinski definition) is 9. The number of nitrogens with zero attached hydrogens (tertiary/aromatic N) is 4. The van der Waals surface area contributed by atoms with Crippen LogP contribution in [0.2, 0.25) is 0 Å². The van der Waals surface area contributed by atoms with E-state index in [0.29, 0.717) is 17.5 Å². The molecule has 3 aromatic heterocycles. The number of hydrazone groups is 1. The zero-order valence-corrected chi connectivity index (χ0v) is 20.2. The van der Waals surface area contributed by atoms with E-state index in [1.165, 1.54) is 11.8 Å². The molecule has 1 amide bonds. The van der Waals surface area contributed by atoms with E-state index < -0.39 is 0 Å². The monoisotopic (exact) mass is 496 g/mol. The molecule has 0 saturated heterocycles. The van der Waals surface area contributed by atoms with Crippen LogP contribution in [0.4, 0.5) is 0 Å². The Morgan fingerprint density at radius 1 is 1.18 bits per heavy atom. The Morgan fingerprint density at radius 3 is 2.85 bits per heavy atom. The number of thioether (sulfide) groups is 1. The van der Waals surface area contributed by atoms with Crippen molar-refractivity contribution >= 4 is 46.1 Å². The van der Waals surface area contributed by atoms with Crippen molar-refractivity contribution in [3.05, 3.63) is 80.5 Å². The van der Waals surface area contributed by atoms with E-state index in [4.69, 9.17) is 9.15 Å². The zero-order valence-electron chi connectivity index (χ0n) is 17.7. The van der Waals surface area contributed by atoms with E-state index in [0.717, 1.165) is 26.8 Å². The quantitative estimate of drug-likeness (QED) is 0.298. The van der Waals surface area contributed by atoms with Gasteiger partial charge in [0.25, 0.3) is 17.0 Å². The van der Waals surface area contributed by atoms with E-state index in [2.05, 4.69) is 15.3 Å². The van der Waals surface area contributed by atoms with E-state index in [1.807, 2.05) is 66.2 Å². The molecule has 0 bridgehead atoms. The standard InChI is InChI=1S/C23H20N4O3S3/c1-15-5-2-6-16(11-15)29-13-21-24-25-23(30-21)33-14-22(28)27-18(20-8-4-10-32-20)12-17(26-27)19-7-3-9-31-19/h2-11,18H,12-14H2,1H3. The SMILES string of the molecule is Cc1cccc(OCc2nnc(SCC(=O)N3N=C(c4cccs4)CC3c3cccs3)o2)c1. The summed E-state index contributed by atoms with van der Waals surface area (Å²) in [6.07, 6.45) is 0.707. The minimum atomic E-state index is -0.0966. The van der Waals surface area contributed by atoms with Crippen LogP contribution in [0.1, 0.15) is 33.7 Å². The summed E-state index contributed by atoms with van der Waals surface area (Å²) in [5.41, 5.74) is 2.05. The number of thiophene rings is 2. The van der Waals surface area contributed by atoms with Crippen LogP contribution in [-0.4, -0.2) is 32.6 Å². The number of benzene rings is 1. The van der Waals surface area contributed by atoms with Crippen LogP contribution in [0.15, 0.2) is 74.0 Å². The molecule has 0 aliphatic carbocycles. The number of hydrogen-bond donors (Lipinski definition) is 0. The first-order chi connectivity index (χ1) is 16.2. The molecule has 1 aliphatic rings. The Morgan fingerprint density at radius 2 is 2.06 bits per heavy atom. The molecular weight excluding hydrogens is 476 g/mol. The lowest BCUT2D eigenvalue weighted by molar-refractivity contribution is -0.130. The number of rotatable bonds is 8. The van der Waals surface area contributed by atoms with Gasteiger partial charge in [0.2, 0.25) is 0 Å². The lowest BCUT2D eigenvalue weighted by atomic mass is 10.1. The fourth-order valence-corrected chi connectivity index (χ4v) is 5.59. The zero-order chi connectivity index (χ0) is 22.6. The minimum Gasteiger partial charge on any atom is -0.484 e. The van der Waals surface area contributed by atoms with Crippen molar-refractivity contribution in [2.45, 2.75) is 31.2 Å². The third kappa shape index (κ3) is 5.18. The molecule has 1 unspecified atom stereocenters. The van der Waals surface area contributed by atoms with E-state index >= 15 is 0 Å². The summed E-state index contributed by atoms with van der Waals surface area (Å²) in [7, 11) is 0. The molecule has 5 rings (SSSR count). The largest absolute Gasteiger partial charge is 0.484 e. The molecule has 0 saturated carbocycles. The Bertz CT molecular complexity index is 1250. The molecule has 7 nitrogen and oxygen atoms in total. The molecule has 4 aromatic rings. The Hall–Kier alpha value is -2.95. The smallest absolute Gasteiger partial charge is 0.277 e. The lowest BCUT2D eigenvalue weighted by Crippen LogP contribution is -2.28. The van der Waals surface area contributed by atoms with Crippen LogP contribution in [0.25, 0.3) is 0 Å². The first kappa shape index (κ1) is 21.9. The highest BCUT2D eigenvalue weighted by atomic mass is 32.2. The second-order valence-electron chi connectivity index (χ2n) is 7.35. The number of ether oxygens (including phenoxy) is 1. The lowest BCUT2D eigenvalue weighted by Gasteiger charge is -2.20. The number of amides is 1. The number of aromatic nitrogens is 2.